The number of nitrogens with one attached hydrogen (secondary N) is 1. The molecule has 1 heterocycles. The van der Waals surface area contributed by atoms with E-state index in [2.05, 4.69) is 21.2 Å². The Morgan fingerprint density at radius 1 is 1.33 bits per heavy atom. The number of benzene rings is 2. The van der Waals surface area contributed by atoms with Gasteiger partial charge in [0.1, 0.15) is 11.9 Å². The summed E-state index contributed by atoms with van der Waals surface area (Å²) in [7, 11) is 0. The fourth-order valence-electron chi connectivity index (χ4n) is 3.11. The van der Waals surface area contributed by atoms with Gasteiger partial charge in [-0.25, -0.2) is 4.79 Å². The zero-order chi connectivity index (χ0) is 19.4. The average molecular weight is 455 g/mol. The molecule has 144 valence electrons. The van der Waals surface area contributed by atoms with Crippen molar-refractivity contribution in [2.24, 2.45) is 0 Å². The SMILES string of the molecule is CCCCOC(=O)NC[C@]1(c2ccccc2)Oc2ccc(Cl)c(Br)c2[C@@H]1O. The molecule has 0 unspecified atom stereocenters. The van der Waals surface area contributed by atoms with Gasteiger partial charge >= 0.3 is 6.09 Å². The van der Waals surface area contributed by atoms with Crippen LogP contribution in [0, 0.1) is 0 Å². The van der Waals surface area contributed by atoms with E-state index in [1.165, 1.54) is 0 Å². The number of aliphatic hydroxyl groups excluding tert-OH is 1. The number of amides is 1. The van der Waals surface area contributed by atoms with Crippen LogP contribution in [0.2, 0.25) is 5.02 Å². The topological polar surface area (TPSA) is 67.8 Å². The molecule has 3 rings (SSSR count). The van der Waals surface area contributed by atoms with Crippen molar-refractivity contribution in [3.8, 4) is 5.75 Å². The Morgan fingerprint density at radius 2 is 2.07 bits per heavy atom. The number of ether oxygens (including phenoxy) is 2. The van der Waals surface area contributed by atoms with Crippen LogP contribution < -0.4 is 10.1 Å². The van der Waals surface area contributed by atoms with E-state index < -0.39 is 17.8 Å². The molecule has 2 aromatic rings. The van der Waals surface area contributed by atoms with E-state index in [-0.39, 0.29) is 6.54 Å². The molecule has 0 radical (unpaired) electrons. The van der Waals surface area contributed by atoms with Gasteiger partial charge in [0.15, 0.2) is 5.60 Å². The molecule has 0 saturated heterocycles. The number of carbonyl (C=O) groups excluding carboxylic acids is 1. The van der Waals surface area contributed by atoms with Gasteiger partial charge in [0.2, 0.25) is 0 Å². The van der Waals surface area contributed by atoms with E-state index in [1.807, 2.05) is 37.3 Å². The lowest BCUT2D eigenvalue weighted by atomic mass is 9.86. The largest absolute Gasteiger partial charge is 0.477 e. The Labute approximate surface area is 171 Å². The first-order valence-electron chi connectivity index (χ1n) is 8.80. The second-order valence-corrected chi connectivity index (χ2v) is 7.58. The van der Waals surface area contributed by atoms with E-state index in [9.17, 15) is 9.90 Å². The molecule has 1 aliphatic heterocycles. The Bertz CT molecular complexity index is 817. The monoisotopic (exact) mass is 453 g/mol. The summed E-state index contributed by atoms with van der Waals surface area (Å²) < 4.78 is 11.9. The third kappa shape index (κ3) is 3.93. The summed E-state index contributed by atoms with van der Waals surface area (Å²) in [5, 5.41) is 14.4. The summed E-state index contributed by atoms with van der Waals surface area (Å²) in [5.41, 5.74) is 0.124. The summed E-state index contributed by atoms with van der Waals surface area (Å²) in [6.45, 7) is 2.42. The highest BCUT2D eigenvalue weighted by Gasteiger charge is 2.50. The summed E-state index contributed by atoms with van der Waals surface area (Å²) in [5.74, 6) is 0.517. The Balaban J connectivity index is 1.90. The molecule has 5 nitrogen and oxygen atoms in total. The van der Waals surface area contributed by atoms with Crippen LogP contribution in [0.15, 0.2) is 46.9 Å². The molecule has 1 aliphatic rings. The number of hydrogen-bond acceptors (Lipinski definition) is 4. The second-order valence-electron chi connectivity index (χ2n) is 6.38. The van der Waals surface area contributed by atoms with Gasteiger partial charge in [-0.3, -0.25) is 0 Å². The van der Waals surface area contributed by atoms with Gasteiger partial charge in [0, 0.05) is 15.6 Å². The fraction of sp³-hybridized carbons (Fsp3) is 0.350. The van der Waals surface area contributed by atoms with Crippen molar-refractivity contribution >= 4 is 33.6 Å². The van der Waals surface area contributed by atoms with E-state index in [1.54, 1.807) is 12.1 Å². The first-order chi connectivity index (χ1) is 13.0. The van der Waals surface area contributed by atoms with Crippen molar-refractivity contribution in [1.29, 1.82) is 0 Å². The predicted octanol–water partition coefficient (Wildman–Crippen LogP) is 4.95. The molecule has 0 saturated carbocycles. The molecule has 2 N–H and O–H groups in total. The van der Waals surface area contributed by atoms with Gasteiger partial charge < -0.3 is 19.9 Å². The van der Waals surface area contributed by atoms with Crippen LogP contribution in [-0.2, 0) is 10.3 Å². The third-order valence-electron chi connectivity index (χ3n) is 4.59. The summed E-state index contributed by atoms with van der Waals surface area (Å²) in [4.78, 5) is 12.0. The quantitative estimate of drug-likeness (QED) is 0.606. The summed E-state index contributed by atoms with van der Waals surface area (Å²) in [6, 6.07) is 12.7. The number of halogens is 2. The molecule has 7 heteroatoms. The van der Waals surface area contributed by atoms with Crippen molar-refractivity contribution in [1.82, 2.24) is 5.32 Å². The minimum Gasteiger partial charge on any atom is -0.477 e. The molecule has 2 aromatic carbocycles. The highest BCUT2D eigenvalue weighted by molar-refractivity contribution is 9.10. The lowest BCUT2D eigenvalue weighted by molar-refractivity contribution is -0.0316. The molecule has 27 heavy (non-hydrogen) atoms. The molecule has 0 bridgehead atoms. The molecule has 0 spiro atoms. The van der Waals surface area contributed by atoms with Crippen LogP contribution in [0.3, 0.4) is 0 Å². The number of fused-ring (bicyclic) bond motifs is 1. The van der Waals surface area contributed by atoms with E-state index in [0.29, 0.717) is 27.4 Å². The van der Waals surface area contributed by atoms with Gasteiger partial charge in [0.25, 0.3) is 0 Å². The molecule has 1 amide bonds. The molecule has 0 aliphatic carbocycles. The zero-order valence-electron chi connectivity index (χ0n) is 14.9. The van der Waals surface area contributed by atoms with Gasteiger partial charge in [-0.2, -0.15) is 0 Å². The zero-order valence-corrected chi connectivity index (χ0v) is 17.2. The van der Waals surface area contributed by atoms with Crippen LogP contribution >= 0.6 is 27.5 Å². The molecular weight excluding hydrogens is 434 g/mol. The van der Waals surface area contributed by atoms with Crippen molar-refractivity contribution in [3.63, 3.8) is 0 Å². The maximum atomic E-state index is 12.0. The van der Waals surface area contributed by atoms with Gasteiger partial charge in [0.05, 0.1) is 18.2 Å². The average Bonchev–Trinajstić information content (AvgIpc) is 2.97. The number of alkyl carbamates (subject to hydrolysis) is 1. The van der Waals surface area contributed by atoms with E-state index in [0.717, 1.165) is 18.4 Å². The van der Waals surface area contributed by atoms with Crippen LogP contribution in [0.1, 0.15) is 37.0 Å². The van der Waals surface area contributed by atoms with Crippen molar-refractivity contribution in [2.45, 2.75) is 31.5 Å². The third-order valence-corrected chi connectivity index (χ3v) is 5.99. The Kier molecular flexibility index (Phi) is 6.29. The molecule has 2 atom stereocenters. The Morgan fingerprint density at radius 3 is 2.78 bits per heavy atom. The first-order valence-corrected chi connectivity index (χ1v) is 9.98. The summed E-state index contributed by atoms with van der Waals surface area (Å²) >= 11 is 9.63. The van der Waals surface area contributed by atoms with E-state index >= 15 is 0 Å². The first kappa shape index (κ1) is 20.0. The molecule has 0 fully saturated rings. The standard InChI is InChI=1S/C20H21BrClNO4/c1-2-3-11-26-19(25)23-12-20(13-7-5-4-6-8-13)18(24)16-15(27-20)10-9-14(22)17(16)21/h4-10,18,24H,2-3,11-12H2,1H3,(H,23,25)/t18-,20+/m0/s1. The minimum atomic E-state index is -1.18. The highest BCUT2D eigenvalue weighted by Crippen LogP contribution is 2.52. The molecular formula is C20H21BrClNO4. The van der Waals surface area contributed by atoms with Crippen molar-refractivity contribution < 1.29 is 19.4 Å². The van der Waals surface area contributed by atoms with Gasteiger partial charge in [-0.1, -0.05) is 55.3 Å². The Hall–Kier alpha value is -1.76. The number of carbonyl (C=O) groups is 1. The van der Waals surface area contributed by atoms with Crippen LogP contribution in [0.5, 0.6) is 5.75 Å². The molecule has 0 aromatic heterocycles. The fourth-order valence-corrected chi connectivity index (χ4v) is 3.82. The minimum absolute atomic E-state index is 0.0435. The number of hydrogen-bond donors (Lipinski definition) is 2. The van der Waals surface area contributed by atoms with Crippen LogP contribution in [0.25, 0.3) is 0 Å². The van der Waals surface area contributed by atoms with Crippen LogP contribution in [-0.4, -0.2) is 24.4 Å². The lowest BCUT2D eigenvalue weighted by Crippen LogP contribution is -2.46. The number of aliphatic hydroxyl groups is 1. The number of rotatable bonds is 6. The number of unbranched alkanes of at least 4 members (excludes halogenated alkanes) is 1. The summed E-state index contributed by atoms with van der Waals surface area (Å²) in [6.07, 6.45) is 0.168. The maximum Gasteiger partial charge on any atom is 0.407 e. The van der Waals surface area contributed by atoms with Crippen molar-refractivity contribution in [3.05, 3.63) is 63.1 Å². The predicted molar refractivity (Wildman–Crippen MR) is 107 cm³/mol. The van der Waals surface area contributed by atoms with Crippen molar-refractivity contribution in [2.75, 3.05) is 13.2 Å². The van der Waals surface area contributed by atoms with Gasteiger partial charge in [-0.05, 0) is 34.5 Å². The smallest absolute Gasteiger partial charge is 0.407 e. The highest BCUT2D eigenvalue weighted by atomic mass is 79.9. The normalized spacial score (nSPS) is 20.7. The maximum absolute atomic E-state index is 12.0. The lowest BCUT2D eigenvalue weighted by Gasteiger charge is -2.32. The van der Waals surface area contributed by atoms with Crippen LogP contribution in [0.4, 0.5) is 4.79 Å². The van der Waals surface area contributed by atoms with E-state index in [4.69, 9.17) is 21.1 Å². The second kappa shape index (κ2) is 8.50. The van der Waals surface area contributed by atoms with Gasteiger partial charge in [-0.15, -0.1) is 0 Å².